The van der Waals surface area contributed by atoms with E-state index in [1.54, 1.807) is 12.1 Å². The highest BCUT2D eigenvalue weighted by Crippen LogP contribution is 2.32. The zero-order valence-corrected chi connectivity index (χ0v) is 12.8. The van der Waals surface area contributed by atoms with Gasteiger partial charge >= 0.3 is 0 Å². The van der Waals surface area contributed by atoms with Gasteiger partial charge in [0.15, 0.2) is 17.6 Å². The molecular weight excluding hydrogens is 324 g/mol. The van der Waals surface area contributed by atoms with Crippen molar-refractivity contribution in [2.75, 3.05) is 12.3 Å². The summed E-state index contributed by atoms with van der Waals surface area (Å²) >= 11 is 3.30. The fraction of sp³-hybridized carbons (Fsp3) is 0.429. The van der Waals surface area contributed by atoms with Crippen molar-refractivity contribution in [2.24, 2.45) is 0 Å². The van der Waals surface area contributed by atoms with Gasteiger partial charge in [0, 0.05) is 11.0 Å². The van der Waals surface area contributed by atoms with E-state index >= 15 is 0 Å². The average molecular weight is 341 g/mol. The lowest BCUT2D eigenvalue weighted by atomic mass is 10.1. The normalized spacial score (nSPS) is 19.1. The minimum atomic E-state index is -0.598. The number of Topliss-reactive ketones (excluding diaryl/α,β-unsaturated/α-hetero) is 1. The monoisotopic (exact) mass is 340 g/mol. The predicted octanol–water partition coefficient (Wildman–Crippen LogP) is 2.28. The number of ether oxygens (including phenoxy) is 1. The Morgan fingerprint density at radius 2 is 2.20 bits per heavy atom. The van der Waals surface area contributed by atoms with Crippen LogP contribution in [-0.4, -0.2) is 24.3 Å². The van der Waals surface area contributed by atoms with Crippen molar-refractivity contribution in [1.29, 1.82) is 0 Å². The molecule has 2 rings (SSSR count). The first-order chi connectivity index (χ1) is 9.49. The summed E-state index contributed by atoms with van der Waals surface area (Å²) in [7, 11) is 0. The SMILES string of the molecule is CC(=O)c1cc(Br)cc(N)c1OC1CCCCNC1=O. The highest BCUT2D eigenvalue weighted by atomic mass is 79.9. The van der Waals surface area contributed by atoms with E-state index in [1.807, 2.05) is 0 Å². The number of rotatable bonds is 3. The third-order valence-corrected chi connectivity index (χ3v) is 3.66. The predicted molar refractivity (Wildman–Crippen MR) is 79.8 cm³/mol. The maximum absolute atomic E-state index is 11.9. The molecule has 1 aromatic carbocycles. The number of hydrogen-bond acceptors (Lipinski definition) is 4. The molecule has 1 heterocycles. The van der Waals surface area contributed by atoms with E-state index < -0.39 is 6.10 Å². The van der Waals surface area contributed by atoms with Crippen molar-refractivity contribution < 1.29 is 14.3 Å². The molecule has 0 aliphatic carbocycles. The number of benzene rings is 1. The Morgan fingerprint density at radius 1 is 1.45 bits per heavy atom. The smallest absolute Gasteiger partial charge is 0.261 e. The van der Waals surface area contributed by atoms with E-state index in [2.05, 4.69) is 21.2 Å². The van der Waals surface area contributed by atoms with Gasteiger partial charge in [-0.2, -0.15) is 0 Å². The Balaban J connectivity index is 2.32. The third kappa shape index (κ3) is 3.30. The van der Waals surface area contributed by atoms with Crippen molar-refractivity contribution in [3.63, 3.8) is 0 Å². The Morgan fingerprint density at radius 3 is 2.90 bits per heavy atom. The molecule has 0 radical (unpaired) electrons. The average Bonchev–Trinajstić information content (AvgIpc) is 2.57. The zero-order chi connectivity index (χ0) is 14.7. The van der Waals surface area contributed by atoms with Gasteiger partial charge in [0.05, 0.1) is 11.3 Å². The molecule has 6 heteroatoms. The zero-order valence-electron chi connectivity index (χ0n) is 11.2. The Bertz CT molecular complexity index is 545. The number of nitrogens with two attached hydrogens (primary N) is 1. The molecule has 5 nitrogen and oxygen atoms in total. The fourth-order valence-electron chi connectivity index (χ4n) is 2.17. The lowest BCUT2D eigenvalue weighted by Gasteiger charge is -2.19. The largest absolute Gasteiger partial charge is 0.478 e. The molecule has 1 aromatic rings. The van der Waals surface area contributed by atoms with Crippen LogP contribution >= 0.6 is 15.9 Å². The lowest BCUT2D eigenvalue weighted by molar-refractivity contribution is -0.127. The quantitative estimate of drug-likeness (QED) is 0.653. The molecule has 0 bridgehead atoms. The summed E-state index contributed by atoms with van der Waals surface area (Å²) in [5.74, 6) is -0.0101. The van der Waals surface area contributed by atoms with Gasteiger partial charge < -0.3 is 15.8 Å². The lowest BCUT2D eigenvalue weighted by Crippen LogP contribution is -2.36. The van der Waals surface area contributed by atoms with E-state index in [4.69, 9.17) is 10.5 Å². The summed E-state index contributed by atoms with van der Waals surface area (Å²) in [6.07, 6.45) is 1.86. The van der Waals surface area contributed by atoms with Crippen molar-refractivity contribution in [2.45, 2.75) is 32.3 Å². The van der Waals surface area contributed by atoms with Crippen LogP contribution in [0.15, 0.2) is 16.6 Å². The Kier molecular flexibility index (Phi) is 4.65. The minimum absolute atomic E-state index is 0.151. The van der Waals surface area contributed by atoms with E-state index in [0.717, 1.165) is 12.8 Å². The van der Waals surface area contributed by atoms with E-state index in [0.29, 0.717) is 34.4 Å². The number of halogens is 1. The van der Waals surface area contributed by atoms with E-state index in [1.165, 1.54) is 6.92 Å². The number of anilines is 1. The second-order valence-corrected chi connectivity index (χ2v) is 5.74. The highest BCUT2D eigenvalue weighted by Gasteiger charge is 2.25. The number of carbonyl (C=O) groups is 2. The molecule has 1 unspecified atom stereocenters. The van der Waals surface area contributed by atoms with E-state index in [9.17, 15) is 9.59 Å². The first-order valence-corrected chi connectivity index (χ1v) is 7.32. The number of amides is 1. The van der Waals surface area contributed by atoms with Crippen LogP contribution in [0.3, 0.4) is 0 Å². The summed E-state index contributed by atoms with van der Waals surface area (Å²) in [6, 6.07) is 3.32. The van der Waals surface area contributed by atoms with Gasteiger partial charge in [-0.05, 0) is 38.3 Å². The van der Waals surface area contributed by atoms with Crippen molar-refractivity contribution in [1.82, 2.24) is 5.32 Å². The summed E-state index contributed by atoms with van der Waals surface area (Å²) in [5, 5.41) is 2.80. The van der Waals surface area contributed by atoms with Gasteiger partial charge in [0.25, 0.3) is 5.91 Å². The first-order valence-electron chi connectivity index (χ1n) is 6.53. The molecule has 1 amide bonds. The number of carbonyl (C=O) groups excluding carboxylic acids is 2. The molecule has 108 valence electrons. The molecule has 1 saturated heterocycles. The van der Waals surface area contributed by atoms with Crippen LogP contribution in [0.2, 0.25) is 0 Å². The Labute approximate surface area is 126 Å². The summed E-state index contributed by atoms with van der Waals surface area (Å²) < 4.78 is 6.45. The molecule has 1 atom stereocenters. The molecule has 1 aliphatic heterocycles. The van der Waals surface area contributed by atoms with Gasteiger partial charge in [-0.25, -0.2) is 0 Å². The van der Waals surface area contributed by atoms with E-state index in [-0.39, 0.29) is 11.7 Å². The summed E-state index contributed by atoms with van der Waals surface area (Å²) in [6.45, 7) is 2.11. The standard InChI is InChI=1S/C14H17BrN2O3/c1-8(18)10-6-9(15)7-11(16)13(10)20-12-4-2-3-5-17-14(12)19/h6-7,12H,2-5,16H2,1H3,(H,17,19). The van der Waals surface area contributed by atoms with Gasteiger partial charge in [0.1, 0.15) is 0 Å². The molecular formula is C14H17BrN2O3. The first kappa shape index (κ1) is 14.8. The van der Waals surface area contributed by atoms with Crippen molar-refractivity contribution in [3.8, 4) is 5.75 Å². The number of nitrogen functional groups attached to an aromatic ring is 1. The van der Waals surface area contributed by atoms with Gasteiger partial charge in [-0.15, -0.1) is 0 Å². The minimum Gasteiger partial charge on any atom is -0.478 e. The molecule has 3 N–H and O–H groups in total. The molecule has 1 aliphatic rings. The maximum Gasteiger partial charge on any atom is 0.261 e. The van der Waals surface area contributed by atoms with Gasteiger partial charge in [-0.3, -0.25) is 9.59 Å². The van der Waals surface area contributed by atoms with Crippen LogP contribution in [-0.2, 0) is 4.79 Å². The topological polar surface area (TPSA) is 81.4 Å². The van der Waals surface area contributed by atoms with Crippen LogP contribution < -0.4 is 15.8 Å². The molecule has 0 aromatic heterocycles. The number of nitrogens with one attached hydrogen (secondary N) is 1. The van der Waals surface area contributed by atoms with Crippen LogP contribution in [0.1, 0.15) is 36.5 Å². The van der Waals surface area contributed by atoms with Crippen LogP contribution in [0, 0.1) is 0 Å². The molecule has 0 spiro atoms. The van der Waals surface area contributed by atoms with Crippen molar-refractivity contribution in [3.05, 3.63) is 22.2 Å². The van der Waals surface area contributed by atoms with Gasteiger partial charge in [-0.1, -0.05) is 15.9 Å². The molecule has 20 heavy (non-hydrogen) atoms. The highest BCUT2D eigenvalue weighted by molar-refractivity contribution is 9.10. The summed E-state index contributed by atoms with van der Waals surface area (Å²) in [4.78, 5) is 23.6. The number of hydrogen-bond donors (Lipinski definition) is 2. The van der Waals surface area contributed by atoms with Crippen molar-refractivity contribution >= 4 is 33.3 Å². The maximum atomic E-state index is 11.9. The van der Waals surface area contributed by atoms with Crippen LogP contribution in [0.4, 0.5) is 5.69 Å². The second-order valence-electron chi connectivity index (χ2n) is 4.82. The summed E-state index contributed by atoms with van der Waals surface area (Å²) in [5.41, 5.74) is 6.65. The fourth-order valence-corrected chi connectivity index (χ4v) is 2.65. The van der Waals surface area contributed by atoms with Crippen LogP contribution in [0.25, 0.3) is 0 Å². The van der Waals surface area contributed by atoms with Gasteiger partial charge in [0.2, 0.25) is 0 Å². The second kappa shape index (κ2) is 6.26. The molecule has 1 fully saturated rings. The third-order valence-electron chi connectivity index (χ3n) is 3.21. The Hall–Kier alpha value is -1.56. The van der Waals surface area contributed by atoms with Crippen LogP contribution in [0.5, 0.6) is 5.75 Å². The molecule has 0 saturated carbocycles. The number of ketones is 1.